The van der Waals surface area contributed by atoms with E-state index in [0.717, 1.165) is 6.42 Å². The molecule has 2 saturated carbocycles. The number of ether oxygens (including phenoxy) is 2. The molecular formula is C17H14BrCl2NO5. The van der Waals surface area contributed by atoms with E-state index in [4.69, 9.17) is 32.7 Å². The summed E-state index contributed by atoms with van der Waals surface area (Å²) in [5.41, 5.74) is 0.375. The van der Waals surface area contributed by atoms with Crippen LogP contribution in [0.15, 0.2) is 18.2 Å². The van der Waals surface area contributed by atoms with Gasteiger partial charge < -0.3 is 14.8 Å². The third kappa shape index (κ3) is 2.90. The number of carbonyl (C=O) groups excluding carboxylic acids is 3. The molecule has 1 heterocycles. The highest BCUT2D eigenvalue weighted by Gasteiger charge is 2.68. The van der Waals surface area contributed by atoms with Crippen LogP contribution in [-0.2, 0) is 23.9 Å². The number of hydrogen-bond acceptors (Lipinski definition) is 5. The minimum atomic E-state index is -0.567. The van der Waals surface area contributed by atoms with Crippen LogP contribution >= 0.6 is 39.1 Å². The number of hydrogen-bond donors (Lipinski definition) is 1. The Morgan fingerprint density at radius 1 is 1.31 bits per heavy atom. The Kier molecular flexibility index (Phi) is 4.65. The van der Waals surface area contributed by atoms with Crippen molar-refractivity contribution in [3.05, 3.63) is 28.2 Å². The molecule has 1 aliphatic heterocycles. The zero-order valence-corrected chi connectivity index (χ0v) is 16.4. The van der Waals surface area contributed by atoms with Crippen LogP contribution in [0.25, 0.3) is 0 Å². The van der Waals surface area contributed by atoms with Crippen molar-refractivity contribution in [1.29, 1.82) is 0 Å². The zero-order chi connectivity index (χ0) is 18.6. The smallest absolute Gasteiger partial charge is 0.310 e. The number of carbonyl (C=O) groups is 3. The maximum atomic E-state index is 12.5. The molecule has 1 amide bonds. The average Bonchev–Trinajstić information content (AvgIpc) is 3.19. The second-order valence-corrected chi connectivity index (χ2v) is 8.64. The number of halogens is 3. The molecule has 138 valence electrons. The highest BCUT2D eigenvalue weighted by atomic mass is 79.9. The van der Waals surface area contributed by atoms with E-state index in [1.54, 1.807) is 12.1 Å². The summed E-state index contributed by atoms with van der Waals surface area (Å²) < 4.78 is 10.5. The Morgan fingerprint density at radius 3 is 2.81 bits per heavy atom. The van der Waals surface area contributed by atoms with E-state index >= 15 is 0 Å². The standard InChI is InChI=1S/C17H14BrCl2NO5/c18-14-7-4-8-13(17(24)26-15(8)14)12(7)16(23)25-5-11(22)21-10-2-1-6(19)3-9(10)20/h1-3,7-8,12-15H,4-5H2,(H,21,22)/t7-,8-,12-,13-,14-,15+/m1/s1. The van der Waals surface area contributed by atoms with Gasteiger partial charge in [0.25, 0.3) is 5.91 Å². The van der Waals surface area contributed by atoms with Crippen LogP contribution < -0.4 is 5.32 Å². The Hall–Kier alpha value is -1.31. The van der Waals surface area contributed by atoms with Gasteiger partial charge in [-0.2, -0.15) is 0 Å². The molecule has 0 radical (unpaired) electrons. The van der Waals surface area contributed by atoms with E-state index in [2.05, 4.69) is 21.2 Å². The molecule has 3 aliphatic rings. The van der Waals surface area contributed by atoms with Crippen LogP contribution in [0.1, 0.15) is 6.42 Å². The van der Waals surface area contributed by atoms with Crippen molar-refractivity contribution in [2.24, 2.45) is 23.7 Å². The van der Waals surface area contributed by atoms with E-state index in [1.807, 2.05) is 0 Å². The maximum absolute atomic E-state index is 12.5. The van der Waals surface area contributed by atoms with Crippen LogP contribution in [0.4, 0.5) is 5.69 Å². The Balaban J connectivity index is 1.37. The Morgan fingerprint density at radius 2 is 2.08 bits per heavy atom. The lowest BCUT2D eigenvalue weighted by atomic mass is 9.80. The number of esters is 2. The number of nitrogens with one attached hydrogen (secondary N) is 1. The normalized spacial score (nSPS) is 33.9. The van der Waals surface area contributed by atoms with E-state index in [0.29, 0.717) is 10.7 Å². The quantitative estimate of drug-likeness (QED) is 0.549. The lowest BCUT2D eigenvalue weighted by Crippen LogP contribution is -2.39. The van der Waals surface area contributed by atoms with Crippen molar-refractivity contribution in [2.45, 2.75) is 17.4 Å². The first-order valence-electron chi connectivity index (χ1n) is 8.13. The SMILES string of the molecule is O=C(COC(=O)[C@@H]1[C@H]2C[C@H]3[C@H](OC(=O)[C@H]31)[C@@H]2Br)Nc1ccc(Cl)cc1Cl. The monoisotopic (exact) mass is 461 g/mol. The van der Waals surface area contributed by atoms with Gasteiger partial charge in [-0.25, -0.2) is 0 Å². The minimum absolute atomic E-state index is 0.0114. The average molecular weight is 463 g/mol. The van der Waals surface area contributed by atoms with E-state index in [-0.39, 0.29) is 33.8 Å². The number of rotatable bonds is 4. The summed E-state index contributed by atoms with van der Waals surface area (Å²) in [6.45, 7) is -0.455. The van der Waals surface area contributed by atoms with Crippen LogP contribution in [0, 0.1) is 23.7 Å². The van der Waals surface area contributed by atoms with Crippen molar-refractivity contribution in [3.8, 4) is 0 Å². The van der Waals surface area contributed by atoms with Crippen molar-refractivity contribution >= 4 is 62.7 Å². The third-order valence-corrected chi connectivity index (χ3v) is 7.09. The van der Waals surface area contributed by atoms with Gasteiger partial charge in [0.2, 0.25) is 0 Å². The molecule has 6 atom stereocenters. The van der Waals surface area contributed by atoms with Crippen molar-refractivity contribution in [3.63, 3.8) is 0 Å². The third-order valence-electron chi connectivity index (χ3n) is 5.35. The minimum Gasteiger partial charge on any atom is -0.461 e. The summed E-state index contributed by atoms with van der Waals surface area (Å²) in [4.78, 5) is 36.5. The van der Waals surface area contributed by atoms with Crippen LogP contribution in [-0.4, -0.2) is 35.4 Å². The summed E-state index contributed by atoms with van der Waals surface area (Å²) >= 11 is 15.3. The lowest BCUT2D eigenvalue weighted by Gasteiger charge is -2.26. The fourth-order valence-electron chi connectivity index (χ4n) is 4.30. The van der Waals surface area contributed by atoms with Crippen molar-refractivity contribution < 1.29 is 23.9 Å². The van der Waals surface area contributed by atoms with E-state index in [1.165, 1.54) is 6.07 Å². The molecule has 0 unspecified atom stereocenters. The molecule has 2 aliphatic carbocycles. The van der Waals surface area contributed by atoms with Crippen LogP contribution in [0.3, 0.4) is 0 Å². The van der Waals surface area contributed by atoms with Crippen molar-refractivity contribution in [2.75, 3.05) is 11.9 Å². The largest absolute Gasteiger partial charge is 0.461 e. The summed E-state index contributed by atoms with van der Waals surface area (Å²) in [6.07, 6.45) is 0.598. The van der Waals surface area contributed by atoms with E-state index < -0.39 is 30.3 Å². The van der Waals surface area contributed by atoms with Gasteiger partial charge in [-0.05, 0) is 30.5 Å². The maximum Gasteiger partial charge on any atom is 0.310 e. The molecular weight excluding hydrogens is 449 g/mol. The fraction of sp³-hybridized carbons (Fsp3) is 0.471. The first kappa shape index (κ1) is 18.1. The second-order valence-electron chi connectivity index (χ2n) is 6.74. The lowest BCUT2D eigenvalue weighted by molar-refractivity contribution is -0.157. The Labute approximate surface area is 167 Å². The van der Waals surface area contributed by atoms with Gasteiger partial charge in [0.15, 0.2) is 6.61 Å². The summed E-state index contributed by atoms with van der Waals surface area (Å²) in [6, 6.07) is 4.64. The Bertz CT molecular complexity index is 803. The molecule has 1 saturated heterocycles. The van der Waals surface area contributed by atoms with Gasteiger partial charge in [-0.1, -0.05) is 39.1 Å². The fourth-order valence-corrected chi connectivity index (χ4v) is 5.80. The number of fused-ring (bicyclic) bond motifs is 1. The van der Waals surface area contributed by atoms with Gasteiger partial charge >= 0.3 is 11.9 Å². The molecule has 4 rings (SSSR count). The highest BCUT2D eigenvalue weighted by Crippen LogP contribution is 2.60. The summed E-state index contributed by atoms with van der Waals surface area (Å²) in [5.74, 6) is -2.39. The van der Waals surface area contributed by atoms with Gasteiger partial charge in [0.05, 0.1) is 27.4 Å². The molecule has 2 bridgehead atoms. The molecule has 26 heavy (non-hydrogen) atoms. The molecule has 3 fully saturated rings. The van der Waals surface area contributed by atoms with Crippen molar-refractivity contribution in [1.82, 2.24) is 0 Å². The highest BCUT2D eigenvalue weighted by molar-refractivity contribution is 9.09. The molecule has 1 aromatic carbocycles. The first-order chi connectivity index (χ1) is 12.4. The molecule has 0 spiro atoms. The summed E-state index contributed by atoms with van der Waals surface area (Å²) in [5, 5.41) is 3.29. The van der Waals surface area contributed by atoms with Gasteiger partial charge in [-0.3, -0.25) is 14.4 Å². The molecule has 9 heteroatoms. The van der Waals surface area contributed by atoms with Crippen LogP contribution in [0.2, 0.25) is 10.0 Å². The molecule has 0 aromatic heterocycles. The zero-order valence-electron chi connectivity index (χ0n) is 13.3. The number of alkyl halides is 1. The number of anilines is 1. The van der Waals surface area contributed by atoms with Gasteiger partial charge in [-0.15, -0.1) is 0 Å². The molecule has 6 nitrogen and oxygen atoms in total. The van der Waals surface area contributed by atoms with Gasteiger partial charge in [0.1, 0.15) is 6.10 Å². The predicted molar refractivity (Wildman–Crippen MR) is 97.2 cm³/mol. The topological polar surface area (TPSA) is 81.7 Å². The van der Waals surface area contributed by atoms with Crippen LogP contribution in [0.5, 0.6) is 0 Å². The number of amides is 1. The summed E-state index contributed by atoms with van der Waals surface area (Å²) in [7, 11) is 0. The second kappa shape index (κ2) is 6.69. The van der Waals surface area contributed by atoms with E-state index in [9.17, 15) is 14.4 Å². The number of benzene rings is 1. The first-order valence-corrected chi connectivity index (χ1v) is 9.80. The molecule has 1 aromatic rings. The van der Waals surface area contributed by atoms with Gasteiger partial charge in [0, 0.05) is 10.9 Å². The predicted octanol–water partition coefficient (Wildman–Crippen LogP) is 3.05. The molecule has 1 N–H and O–H groups in total.